The van der Waals surface area contributed by atoms with Gasteiger partial charge in [0.05, 0.1) is 25.1 Å². The first-order valence-electron chi connectivity index (χ1n) is 8.54. The second-order valence-corrected chi connectivity index (χ2v) is 6.80. The van der Waals surface area contributed by atoms with E-state index in [2.05, 4.69) is 28.7 Å². The second-order valence-electron chi connectivity index (χ2n) is 6.80. The molecule has 1 atom stereocenters. The molecule has 0 amide bonds. The van der Waals surface area contributed by atoms with Gasteiger partial charge in [0, 0.05) is 19.7 Å². The molecule has 5 nitrogen and oxygen atoms in total. The molecule has 3 rings (SSSR count). The van der Waals surface area contributed by atoms with Gasteiger partial charge in [-0.3, -0.25) is 4.98 Å². The van der Waals surface area contributed by atoms with Gasteiger partial charge in [-0.1, -0.05) is 13.8 Å². The van der Waals surface area contributed by atoms with Crippen LogP contribution in [-0.2, 0) is 4.74 Å². The van der Waals surface area contributed by atoms with Crippen LogP contribution in [0.15, 0.2) is 12.4 Å². The highest BCUT2D eigenvalue weighted by molar-refractivity contribution is 5.38. The van der Waals surface area contributed by atoms with Crippen LogP contribution >= 0.6 is 0 Å². The molecular weight excluding hydrogens is 278 g/mol. The third-order valence-electron chi connectivity index (χ3n) is 4.52. The Hall–Kier alpha value is -1.36. The van der Waals surface area contributed by atoms with Crippen LogP contribution < -0.4 is 9.64 Å². The third kappa shape index (κ3) is 3.88. The van der Waals surface area contributed by atoms with Crippen molar-refractivity contribution < 1.29 is 9.47 Å². The minimum absolute atomic E-state index is 0.493. The summed E-state index contributed by atoms with van der Waals surface area (Å²) in [7, 11) is 0. The number of rotatable bonds is 5. The van der Waals surface area contributed by atoms with E-state index in [0.29, 0.717) is 30.4 Å². The van der Waals surface area contributed by atoms with E-state index in [4.69, 9.17) is 9.47 Å². The lowest BCUT2D eigenvalue weighted by atomic mass is 9.90. The molecule has 0 N–H and O–H groups in total. The minimum Gasteiger partial charge on any atom is -0.476 e. The Morgan fingerprint density at radius 1 is 1.27 bits per heavy atom. The fraction of sp³-hybridized carbons (Fsp3) is 0.765. The van der Waals surface area contributed by atoms with Gasteiger partial charge in [0.25, 0.3) is 0 Å². The second kappa shape index (κ2) is 7.27. The molecule has 0 aliphatic carbocycles. The van der Waals surface area contributed by atoms with Gasteiger partial charge in [0.2, 0.25) is 5.88 Å². The molecule has 2 aliphatic heterocycles. The zero-order valence-corrected chi connectivity index (χ0v) is 13.7. The molecule has 2 aliphatic rings. The molecule has 22 heavy (non-hydrogen) atoms. The zero-order chi connectivity index (χ0) is 15.4. The van der Waals surface area contributed by atoms with E-state index in [9.17, 15) is 0 Å². The molecule has 5 heteroatoms. The van der Waals surface area contributed by atoms with Crippen molar-refractivity contribution in [3.8, 4) is 5.88 Å². The number of hydrogen-bond donors (Lipinski definition) is 0. The Labute approximate surface area is 133 Å². The summed E-state index contributed by atoms with van der Waals surface area (Å²) in [6.45, 7) is 7.96. The normalized spacial score (nSPS) is 23.2. The van der Waals surface area contributed by atoms with Crippen LogP contribution in [0.25, 0.3) is 0 Å². The molecule has 0 radical (unpaired) electrons. The van der Waals surface area contributed by atoms with E-state index >= 15 is 0 Å². The maximum absolute atomic E-state index is 5.84. The largest absolute Gasteiger partial charge is 0.476 e. The molecule has 1 unspecified atom stereocenters. The van der Waals surface area contributed by atoms with E-state index in [1.165, 1.54) is 25.7 Å². The number of ether oxygens (including phenoxy) is 2. The van der Waals surface area contributed by atoms with Crippen LogP contribution in [0.4, 0.5) is 5.82 Å². The standard InChI is InChI=1S/C17H27N3O2/c1-13(2)12-22-17-11-18-10-16(19-17)20-7-5-14(6-8-20)15-4-3-9-21-15/h10-11,13-15H,3-9,12H2,1-2H3. The van der Waals surface area contributed by atoms with Gasteiger partial charge >= 0.3 is 0 Å². The maximum Gasteiger partial charge on any atom is 0.234 e. The number of hydrogen-bond acceptors (Lipinski definition) is 5. The first-order chi connectivity index (χ1) is 10.7. The predicted molar refractivity (Wildman–Crippen MR) is 86.3 cm³/mol. The molecular formula is C17H27N3O2. The van der Waals surface area contributed by atoms with E-state index in [0.717, 1.165) is 25.5 Å². The average Bonchev–Trinajstić information content (AvgIpc) is 3.08. The van der Waals surface area contributed by atoms with Crippen molar-refractivity contribution in [1.29, 1.82) is 0 Å². The van der Waals surface area contributed by atoms with E-state index < -0.39 is 0 Å². The smallest absolute Gasteiger partial charge is 0.234 e. The number of anilines is 1. The van der Waals surface area contributed by atoms with E-state index in [1.54, 1.807) is 6.20 Å². The Kier molecular flexibility index (Phi) is 5.13. The van der Waals surface area contributed by atoms with Crippen molar-refractivity contribution in [3.63, 3.8) is 0 Å². The molecule has 0 spiro atoms. The van der Waals surface area contributed by atoms with Gasteiger partial charge < -0.3 is 14.4 Å². The van der Waals surface area contributed by atoms with Gasteiger partial charge in [-0.05, 0) is 37.5 Å². The van der Waals surface area contributed by atoms with Gasteiger partial charge in [0.1, 0.15) is 0 Å². The highest BCUT2D eigenvalue weighted by Gasteiger charge is 2.29. The average molecular weight is 305 g/mol. The highest BCUT2D eigenvalue weighted by atomic mass is 16.5. The number of aromatic nitrogens is 2. The fourth-order valence-corrected chi connectivity index (χ4v) is 3.29. The fourth-order valence-electron chi connectivity index (χ4n) is 3.29. The Bertz CT molecular complexity index is 467. The molecule has 0 aromatic carbocycles. The van der Waals surface area contributed by atoms with Gasteiger partial charge in [0.15, 0.2) is 5.82 Å². The molecule has 0 saturated carbocycles. The van der Waals surface area contributed by atoms with Gasteiger partial charge in [-0.15, -0.1) is 0 Å². The summed E-state index contributed by atoms with van der Waals surface area (Å²) in [5.74, 6) is 2.78. The molecule has 2 saturated heterocycles. The topological polar surface area (TPSA) is 47.5 Å². The third-order valence-corrected chi connectivity index (χ3v) is 4.52. The molecule has 1 aromatic rings. The van der Waals surface area contributed by atoms with Crippen molar-refractivity contribution in [2.45, 2.75) is 45.6 Å². The van der Waals surface area contributed by atoms with Crippen LogP contribution in [0.1, 0.15) is 39.5 Å². The van der Waals surface area contributed by atoms with Crippen LogP contribution in [0, 0.1) is 11.8 Å². The van der Waals surface area contributed by atoms with Gasteiger partial charge in [-0.2, -0.15) is 4.98 Å². The summed E-state index contributed by atoms with van der Waals surface area (Å²) in [6.07, 6.45) is 8.87. The predicted octanol–water partition coefficient (Wildman–Crippen LogP) is 2.91. The molecule has 3 heterocycles. The first kappa shape index (κ1) is 15.5. The number of nitrogens with zero attached hydrogens (tertiary/aromatic N) is 3. The minimum atomic E-state index is 0.493. The number of piperidine rings is 1. The summed E-state index contributed by atoms with van der Waals surface area (Å²) in [5.41, 5.74) is 0. The van der Waals surface area contributed by atoms with Crippen LogP contribution in [-0.4, -0.2) is 42.4 Å². The molecule has 2 fully saturated rings. The van der Waals surface area contributed by atoms with Crippen LogP contribution in [0.2, 0.25) is 0 Å². The van der Waals surface area contributed by atoms with Crippen molar-refractivity contribution in [2.75, 3.05) is 31.2 Å². The summed E-state index contributed by atoms with van der Waals surface area (Å²) in [5, 5.41) is 0. The van der Waals surface area contributed by atoms with Crippen LogP contribution in [0.3, 0.4) is 0 Å². The molecule has 0 bridgehead atoms. The monoisotopic (exact) mass is 305 g/mol. The maximum atomic E-state index is 5.84. The quantitative estimate of drug-likeness (QED) is 0.837. The lowest BCUT2D eigenvalue weighted by Crippen LogP contribution is -2.38. The Balaban J connectivity index is 1.55. The lowest BCUT2D eigenvalue weighted by Gasteiger charge is -2.34. The Morgan fingerprint density at radius 2 is 2.09 bits per heavy atom. The lowest BCUT2D eigenvalue weighted by molar-refractivity contribution is 0.0531. The van der Waals surface area contributed by atoms with Crippen molar-refractivity contribution in [3.05, 3.63) is 12.4 Å². The summed E-state index contributed by atoms with van der Waals surface area (Å²) in [6, 6.07) is 0. The van der Waals surface area contributed by atoms with Crippen molar-refractivity contribution in [2.24, 2.45) is 11.8 Å². The highest BCUT2D eigenvalue weighted by Crippen LogP contribution is 2.30. The SMILES string of the molecule is CC(C)COc1cncc(N2CCC(C3CCCO3)CC2)n1. The van der Waals surface area contributed by atoms with Crippen molar-refractivity contribution in [1.82, 2.24) is 9.97 Å². The van der Waals surface area contributed by atoms with Crippen LogP contribution in [0.5, 0.6) is 5.88 Å². The molecule has 1 aromatic heterocycles. The van der Waals surface area contributed by atoms with Crippen molar-refractivity contribution >= 4 is 5.82 Å². The van der Waals surface area contributed by atoms with E-state index in [1.807, 2.05) is 6.20 Å². The summed E-state index contributed by atoms with van der Waals surface area (Å²) >= 11 is 0. The summed E-state index contributed by atoms with van der Waals surface area (Å²) < 4.78 is 11.5. The van der Waals surface area contributed by atoms with E-state index in [-0.39, 0.29) is 0 Å². The summed E-state index contributed by atoms with van der Waals surface area (Å²) in [4.78, 5) is 11.2. The Morgan fingerprint density at radius 3 is 2.77 bits per heavy atom. The van der Waals surface area contributed by atoms with Gasteiger partial charge in [-0.25, -0.2) is 0 Å². The molecule has 122 valence electrons. The zero-order valence-electron chi connectivity index (χ0n) is 13.7. The first-order valence-corrected chi connectivity index (χ1v) is 8.54.